The van der Waals surface area contributed by atoms with E-state index in [0.29, 0.717) is 17.8 Å². The molecule has 0 aromatic heterocycles. The van der Waals surface area contributed by atoms with E-state index < -0.39 is 36.0 Å². The Morgan fingerprint density at radius 3 is 2.17 bits per heavy atom. The van der Waals surface area contributed by atoms with E-state index in [9.17, 15) is 26.7 Å². The number of anilines is 2. The number of halogens is 5. The number of hydrogen-bond acceptors (Lipinski definition) is 5. The maximum Gasteiger partial charge on any atom is 0.416 e. The van der Waals surface area contributed by atoms with Crippen LogP contribution in [0.5, 0.6) is 0 Å². The van der Waals surface area contributed by atoms with E-state index in [1.54, 1.807) is 18.4 Å². The lowest BCUT2D eigenvalue weighted by Gasteiger charge is -2.34. The Kier molecular flexibility index (Phi) is 7.30. The highest BCUT2D eigenvalue weighted by Crippen LogP contribution is 2.37. The smallest absolute Gasteiger partial charge is 0.367 e. The molecular weight excluding hydrogens is 427 g/mol. The van der Waals surface area contributed by atoms with Crippen LogP contribution in [0, 0.1) is 5.41 Å². The number of benzene rings is 2. The first-order valence-corrected chi connectivity index (χ1v) is 9.74. The van der Waals surface area contributed by atoms with E-state index >= 15 is 0 Å². The van der Waals surface area contributed by atoms with Crippen molar-refractivity contribution in [2.45, 2.75) is 24.6 Å². The van der Waals surface area contributed by atoms with Gasteiger partial charge in [-0.15, -0.1) is 0 Å². The molecule has 0 radical (unpaired) electrons. The summed E-state index contributed by atoms with van der Waals surface area (Å²) < 4.78 is 68.5. The molecule has 0 spiro atoms. The first-order valence-electron chi connectivity index (χ1n) is 8.51. The van der Waals surface area contributed by atoms with Gasteiger partial charge >= 0.3 is 6.18 Å². The summed E-state index contributed by atoms with van der Waals surface area (Å²) in [6.45, 7) is 0. The van der Waals surface area contributed by atoms with Crippen molar-refractivity contribution in [3.05, 3.63) is 59.2 Å². The van der Waals surface area contributed by atoms with Crippen LogP contribution in [0.3, 0.4) is 0 Å². The first kappa shape index (κ1) is 23.5. The molecule has 1 unspecified atom stereocenters. The predicted molar refractivity (Wildman–Crippen MR) is 108 cm³/mol. The van der Waals surface area contributed by atoms with Gasteiger partial charge in [0.25, 0.3) is 0 Å². The Bertz CT molecular complexity index is 905. The van der Waals surface area contributed by atoms with Crippen molar-refractivity contribution in [2.75, 3.05) is 16.3 Å². The molecule has 162 valence electrons. The highest BCUT2D eigenvalue weighted by Gasteiger charge is 2.42. The van der Waals surface area contributed by atoms with Crippen LogP contribution in [-0.2, 0) is 16.5 Å². The summed E-state index contributed by atoms with van der Waals surface area (Å²) in [4.78, 5) is 12.4. The zero-order chi connectivity index (χ0) is 22.5. The third-order valence-electron chi connectivity index (χ3n) is 4.40. The Balaban J connectivity index is 2.63. The largest absolute Gasteiger partial charge is 0.416 e. The Labute approximate surface area is 173 Å². The van der Waals surface area contributed by atoms with Gasteiger partial charge in [0, 0.05) is 30.1 Å². The number of nitrogens with two attached hydrogens (primary N) is 1. The van der Waals surface area contributed by atoms with Crippen LogP contribution in [0.15, 0.2) is 42.5 Å². The average Bonchev–Trinajstić information content (AvgIpc) is 2.67. The number of carbonyl (C=O) groups is 1. The average molecular weight is 446 g/mol. The van der Waals surface area contributed by atoms with Crippen molar-refractivity contribution < 1.29 is 26.7 Å². The van der Waals surface area contributed by atoms with E-state index in [1.165, 1.54) is 18.0 Å². The molecule has 2 aromatic carbocycles. The zero-order valence-electron chi connectivity index (χ0n) is 15.7. The van der Waals surface area contributed by atoms with Gasteiger partial charge in [-0.25, -0.2) is 8.78 Å². The number of hydrogen-bond donors (Lipinski definition) is 4. The molecule has 5 N–H and O–H groups in total. The number of amides is 1. The summed E-state index contributed by atoms with van der Waals surface area (Å²) in [5, 5.41) is 10.3. The standard InChI is InChI=1S/C19H19F5N4OS/c1-30-28-15-4-2-3-14(13(15)10-25)27-18(17(26)29,9-16(20)21)11-5-7-12(8-6-11)19(22,23)24/h2-8,10,16,25,27-28H,9H2,1H3,(H2,26,29). The lowest BCUT2D eigenvalue weighted by Crippen LogP contribution is -2.49. The molecule has 0 saturated heterocycles. The number of alkyl halides is 5. The summed E-state index contributed by atoms with van der Waals surface area (Å²) in [6, 6.07) is 7.94. The molecule has 1 atom stereocenters. The highest BCUT2D eigenvalue weighted by atomic mass is 32.2. The van der Waals surface area contributed by atoms with Crippen molar-refractivity contribution in [2.24, 2.45) is 5.73 Å². The van der Waals surface area contributed by atoms with Gasteiger partial charge in [0.05, 0.1) is 11.3 Å². The third-order valence-corrected chi connectivity index (χ3v) is 4.82. The molecule has 5 nitrogen and oxygen atoms in total. The molecular formula is C19H19F5N4OS. The number of nitrogens with one attached hydrogen (secondary N) is 3. The maximum atomic E-state index is 13.4. The topological polar surface area (TPSA) is 91.0 Å². The van der Waals surface area contributed by atoms with E-state index in [-0.39, 0.29) is 16.8 Å². The Hall–Kier alpha value is -2.82. The minimum atomic E-state index is -4.63. The molecule has 0 aliphatic rings. The quantitative estimate of drug-likeness (QED) is 0.252. The molecule has 0 heterocycles. The molecule has 0 bridgehead atoms. The van der Waals surface area contributed by atoms with Crippen LogP contribution >= 0.6 is 11.9 Å². The van der Waals surface area contributed by atoms with Gasteiger partial charge in [0.2, 0.25) is 12.3 Å². The molecule has 0 fully saturated rings. The minimum absolute atomic E-state index is 0.142. The highest BCUT2D eigenvalue weighted by molar-refractivity contribution is 7.99. The van der Waals surface area contributed by atoms with Crippen LogP contribution in [-0.4, -0.2) is 24.8 Å². The fraction of sp³-hybridized carbons (Fsp3) is 0.263. The lowest BCUT2D eigenvalue weighted by molar-refractivity contribution is -0.137. The van der Waals surface area contributed by atoms with Gasteiger partial charge in [-0.1, -0.05) is 30.1 Å². The molecule has 1 amide bonds. The van der Waals surface area contributed by atoms with E-state index in [1.807, 2.05) is 0 Å². The normalized spacial score (nSPS) is 13.6. The number of primary amides is 1. The van der Waals surface area contributed by atoms with Crippen LogP contribution in [0.25, 0.3) is 0 Å². The molecule has 0 aliphatic carbocycles. The van der Waals surface area contributed by atoms with Gasteiger partial charge in [-0.3, -0.25) is 4.79 Å². The second-order valence-electron chi connectivity index (χ2n) is 6.28. The van der Waals surface area contributed by atoms with Gasteiger partial charge in [0.15, 0.2) is 0 Å². The van der Waals surface area contributed by atoms with Crippen LogP contribution in [0.4, 0.5) is 33.3 Å². The summed E-state index contributed by atoms with van der Waals surface area (Å²) in [5.41, 5.74) is 3.02. The number of carbonyl (C=O) groups excluding carboxylic acids is 1. The molecule has 0 saturated carbocycles. The van der Waals surface area contributed by atoms with Crippen molar-refractivity contribution >= 4 is 35.4 Å². The molecule has 2 aromatic rings. The summed E-state index contributed by atoms with van der Waals surface area (Å²) in [7, 11) is 0. The number of rotatable bonds is 9. The van der Waals surface area contributed by atoms with E-state index in [0.717, 1.165) is 18.3 Å². The second-order valence-corrected chi connectivity index (χ2v) is 6.89. The van der Waals surface area contributed by atoms with Crippen LogP contribution in [0.1, 0.15) is 23.1 Å². The molecule has 2 rings (SSSR count). The second kappa shape index (κ2) is 9.33. The summed E-state index contributed by atoms with van der Waals surface area (Å²) >= 11 is 1.23. The summed E-state index contributed by atoms with van der Waals surface area (Å²) in [6.07, 6.45) is -6.01. The van der Waals surface area contributed by atoms with Crippen molar-refractivity contribution in [3.8, 4) is 0 Å². The fourth-order valence-electron chi connectivity index (χ4n) is 2.98. The van der Waals surface area contributed by atoms with Crippen molar-refractivity contribution in [1.29, 1.82) is 5.41 Å². The Morgan fingerprint density at radius 1 is 1.13 bits per heavy atom. The van der Waals surface area contributed by atoms with Crippen molar-refractivity contribution in [3.63, 3.8) is 0 Å². The van der Waals surface area contributed by atoms with Gasteiger partial charge < -0.3 is 21.2 Å². The lowest BCUT2D eigenvalue weighted by atomic mass is 9.84. The van der Waals surface area contributed by atoms with Crippen molar-refractivity contribution in [1.82, 2.24) is 0 Å². The Morgan fingerprint density at radius 2 is 1.70 bits per heavy atom. The van der Waals surface area contributed by atoms with Crippen LogP contribution in [0.2, 0.25) is 0 Å². The minimum Gasteiger partial charge on any atom is -0.367 e. The van der Waals surface area contributed by atoms with Crippen LogP contribution < -0.4 is 15.8 Å². The predicted octanol–water partition coefficient (Wildman–Crippen LogP) is 4.84. The van der Waals surface area contributed by atoms with E-state index in [2.05, 4.69) is 10.0 Å². The maximum absolute atomic E-state index is 13.4. The molecule has 30 heavy (non-hydrogen) atoms. The SMILES string of the molecule is CSNc1cccc(NC(CC(F)F)(C(N)=O)c2ccc(C(F)(F)F)cc2)c1C=N. The third kappa shape index (κ3) is 5.02. The monoisotopic (exact) mass is 446 g/mol. The van der Waals surface area contributed by atoms with E-state index in [4.69, 9.17) is 11.1 Å². The van der Waals surface area contributed by atoms with Gasteiger partial charge in [-0.2, -0.15) is 13.2 Å². The zero-order valence-corrected chi connectivity index (χ0v) is 16.5. The molecule has 11 heteroatoms. The first-order chi connectivity index (χ1) is 14.0. The van der Waals surface area contributed by atoms with Gasteiger partial charge in [0.1, 0.15) is 5.54 Å². The molecule has 0 aliphatic heterocycles. The fourth-order valence-corrected chi connectivity index (χ4v) is 3.38. The summed E-state index contributed by atoms with van der Waals surface area (Å²) in [5.74, 6) is -1.19. The van der Waals surface area contributed by atoms with Gasteiger partial charge in [-0.05, 0) is 29.8 Å².